The summed E-state index contributed by atoms with van der Waals surface area (Å²) in [6.07, 6.45) is 1.35. The largest absolute Gasteiger partial charge is 0.490 e. The van der Waals surface area contributed by atoms with Crippen molar-refractivity contribution in [1.82, 2.24) is 0 Å². The maximum Gasteiger partial charge on any atom is 0.333 e. The lowest BCUT2D eigenvalue weighted by molar-refractivity contribution is -0.149. The normalized spacial score (nSPS) is 12.1. The molecular weight excluding hydrogens is 411 g/mol. The van der Waals surface area contributed by atoms with E-state index in [1.165, 1.54) is 0 Å². The van der Waals surface area contributed by atoms with Gasteiger partial charge in [0.05, 0.1) is 0 Å². The highest BCUT2D eigenvalue weighted by molar-refractivity contribution is 6.34. The number of hydrogen-bond acceptors (Lipinski definition) is 3. The zero-order valence-electron chi connectivity index (χ0n) is 16.2. The van der Waals surface area contributed by atoms with Gasteiger partial charge >= 0.3 is 5.97 Å². The fourth-order valence-electron chi connectivity index (χ4n) is 2.47. The molecule has 0 radical (unpaired) electrons. The molecule has 152 valence electrons. The Morgan fingerprint density at radius 3 is 2.41 bits per heavy atom. The summed E-state index contributed by atoms with van der Waals surface area (Å²) in [7, 11) is 0. The van der Waals surface area contributed by atoms with Crippen molar-refractivity contribution in [2.45, 2.75) is 26.4 Å². The van der Waals surface area contributed by atoms with Crippen LogP contribution < -0.4 is 4.74 Å². The molecule has 0 saturated heterocycles. The molecule has 2 aromatic rings. The molecule has 0 aliphatic rings. The van der Waals surface area contributed by atoms with Gasteiger partial charge in [-0.2, -0.15) is 0 Å². The van der Waals surface area contributed by atoms with Crippen molar-refractivity contribution in [2.75, 3.05) is 13.2 Å². The van der Waals surface area contributed by atoms with Crippen LogP contribution in [0.2, 0.25) is 10.0 Å². The Kier molecular flexibility index (Phi) is 9.08. The minimum Gasteiger partial charge on any atom is -0.490 e. The van der Waals surface area contributed by atoms with Gasteiger partial charge in [-0.05, 0) is 61.4 Å². The number of benzene rings is 2. The van der Waals surface area contributed by atoms with E-state index in [2.05, 4.69) is 11.8 Å². The second-order valence-corrected chi connectivity index (χ2v) is 7.11. The molecular formula is C23H22Cl2O4. The van der Waals surface area contributed by atoms with Crippen LogP contribution in [0.3, 0.4) is 0 Å². The van der Waals surface area contributed by atoms with E-state index in [1.807, 2.05) is 37.3 Å². The fraction of sp³-hybridized carbons (Fsp3) is 0.261. The van der Waals surface area contributed by atoms with E-state index >= 15 is 0 Å². The van der Waals surface area contributed by atoms with Crippen LogP contribution in [0.25, 0.3) is 0 Å². The minimum absolute atomic E-state index is 0.311. The molecule has 0 aromatic heterocycles. The van der Waals surface area contributed by atoms with Crippen LogP contribution in [-0.4, -0.2) is 30.4 Å². The van der Waals surface area contributed by atoms with Crippen molar-refractivity contribution >= 4 is 29.2 Å². The zero-order valence-corrected chi connectivity index (χ0v) is 17.8. The zero-order chi connectivity index (χ0) is 21.2. The number of hydrogen-bond donors (Lipinski definition) is 1. The summed E-state index contributed by atoms with van der Waals surface area (Å²) in [6.45, 7) is 4.40. The Balaban J connectivity index is 1.89. The first-order valence-corrected chi connectivity index (χ1v) is 9.84. The molecule has 0 saturated carbocycles. The quantitative estimate of drug-likeness (QED) is 0.567. The molecule has 0 spiro atoms. The minimum atomic E-state index is -0.964. The summed E-state index contributed by atoms with van der Waals surface area (Å²) in [5, 5.41) is 10.2. The average molecular weight is 433 g/mol. The van der Waals surface area contributed by atoms with Crippen LogP contribution in [-0.2, 0) is 16.0 Å². The predicted molar refractivity (Wildman–Crippen MR) is 116 cm³/mol. The first-order chi connectivity index (χ1) is 13.9. The molecule has 0 bridgehead atoms. The topological polar surface area (TPSA) is 55.8 Å². The maximum atomic E-state index is 11.2. The third-order valence-corrected chi connectivity index (χ3v) is 4.33. The Bertz CT molecular complexity index is 904. The Morgan fingerprint density at radius 1 is 1.17 bits per heavy atom. The van der Waals surface area contributed by atoms with Gasteiger partial charge in [0, 0.05) is 28.6 Å². The number of halogens is 2. The molecule has 6 heteroatoms. The number of carboxylic acids is 1. The first kappa shape index (κ1) is 22.8. The van der Waals surface area contributed by atoms with Crippen LogP contribution in [0.5, 0.6) is 5.75 Å². The van der Waals surface area contributed by atoms with Crippen molar-refractivity contribution in [3.8, 4) is 17.6 Å². The lowest BCUT2D eigenvalue weighted by Crippen LogP contribution is -2.26. The van der Waals surface area contributed by atoms with Crippen LogP contribution in [0.1, 0.15) is 25.0 Å². The smallest absolute Gasteiger partial charge is 0.333 e. The van der Waals surface area contributed by atoms with Crippen molar-refractivity contribution < 1.29 is 19.4 Å². The van der Waals surface area contributed by atoms with Crippen LogP contribution in [0.4, 0.5) is 0 Å². The van der Waals surface area contributed by atoms with E-state index in [4.69, 9.17) is 37.8 Å². The van der Waals surface area contributed by atoms with E-state index in [9.17, 15) is 4.79 Å². The summed E-state index contributed by atoms with van der Waals surface area (Å²) in [5.74, 6) is 5.78. The molecule has 1 N–H and O–H groups in total. The monoisotopic (exact) mass is 432 g/mol. The second-order valence-electron chi connectivity index (χ2n) is 6.24. The molecule has 0 amide bonds. The molecule has 29 heavy (non-hydrogen) atoms. The van der Waals surface area contributed by atoms with Gasteiger partial charge in [-0.1, -0.05) is 47.2 Å². The van der Waals surface area contributed by atoms with Crippen molar-refractivity contribution in [3.05, 3.63) is 75.3 Å². The molecule has 0 unspecified atom stereocenters. The average Bonchev–Trinajstić information content (AvgIpc) is 2.66. The van der Waals surface area contributed by atoms with Crippen molar-refractivity contribution in [1.29, 1.82) is 0 Å². The van der Waals surface area contributed by atoms with Gasteiger partial charge in [-0.3, -0.25) is 0 Å². The predicted octanol–water partition coefficient (Wildman–Crippen LogP) is 5.40. The standard InChI is InChI=1S/C23H22Cl2O4/c1-3-28-22(23(26)27)14-17-6-8-21(9-7-17)29-11-10-16(2)4-5-18-12-19(24)15-20(25)13-18/h6-10,12-13,15,22H,3,11,14H2,1-2H3,(H,26,27)/b16-10+/t22-/m0/s1. The van der Waals surface area contributed by atoms with Gasteiger partial charge in [-0.15, -0.1) is 0 Å². The Labute approximate surface area is 181 Å². The highest BCUT2D eigenvalue weighted by Gasteiger charge is 2.17. The maximum absolute atomic E-state index is 11.2. The molecule has 0 aliphatic carbocycles. The van der Waals surface area contributed by atoms with Gasteiger partial charge < -0.3 is 14.6 Å². The molecule has 2 rings (SSSR count). The molecule has 1 atom stereocenters. The second kappa shape index (κ2) is 11.5. The molecule has 2 aromatic carbocycles. The number of allylic oxidation sites excluding steroid dienone is 1. The third-order valence-electron chi connectivity index (χ3n) is 3.89. The number of ether oxygens (including phenoxy) is 2. The molecule has 4 nitrogen and oxygen atoms in total. The number of carbonyl (C=O) groups is 1. The Morgan fingerprint density at radius 2 is 1.83 bits per heavy atom. The van der Waals surface area contributed by atoms with Gasteiger partial charge in [0.1, 0.15) is 12.4 Å². The summed E-state index contributed by atoms with van der Waals surface area (Å²) >= 11 is 11.9. The van der Waals surface area contributed by atoms with Crippen molar-refractivity contribution in [2.24, 2.45) is 0 Å². The van der Waals surface area contributed by atoms with Crippen molar-refractivity contribution in [3.63, 3.8) is 0 Å². The number of rotatable bonds is 8. The van der Waals surface area contributed by atoms with Gasteiger partial charge in [0.25, 0.3) is 0 Å². The van der Waals surface area contributed by atoms with Gasteiger partial charge in [-0.25, -0.2) is 4.79 Å². The van der Waals surface area contributed by atoms with E-state index < -0.39 is 12.1 Å². The summed E-state index contributed by atoms with van der Waals surface area (Å²) in [4.78, 5) is 11.2. The molecule has 0 heterocycles. The number of aliphatic carboxylic acids is 1. The van der Waals surface area contributed by atoms with E-state index in [0.717, 1.165) is 16.7 Å². The van der Waals surface area contributed by atoms with E-state index in [1.54, 1.807) is 25.1 Å². The summed E-state index contributed by atoms with van der Waals surface area (Å²) in [6, 6.07) is 12.5. The molecule has 0 fully saturated rings. The fourth-order valence-corrected chi connectivity index (χ4v) is 2.99. The Hall–Kier alpha value is -2.45. The van der Waals surface area contributed by atoms with Crippen LogP contribution in [0.15, 0.2) is 54.1 Å². The van der Waals surface area contributed by atoms with E-state index in [-0.39, 0.29) is 0 Å². The lowest BCUT2D eigenvalue weighted by Gasteiger charge is -2.12. The number of carboxylic acid groups (broad SMARTS) is 1. The van der Waals surface area contributed by atoms with E-state index in [0.29, 0.717) is 35.4 Å². The molecule has 0 aliphatic heterocycles. The first-order valence-electron chi connectivity index (χ1n) is 9.08. The third kappa shape index (κ3) is 8.21. The highest BCUT2D eigenvalue weighted by atomic mass is 35.5. The summed E-state index contributed by atoms with van der Waals surface area (Å²) < 4.78 is 10.9. The van der Waals surface area contributed by atoms with Crippen LogP contribution in [0, 0.1) is 11.8 Å². The highest BCUT2D eigenvalue weighted by Crippen LogP contribution is 2.18. The lowest BCUT2D eigenvalue weighted by atomic mass is 10.1. The van der Waals surface area contributed by atoms with Gasteiger partial charge in [0.15, 0.2) is 6.10 Å². The SMILES string of the molecule is CCO[C@@H](Cc1ccc(OC/C=C(\C)C#Cc2cc(Cl)cc(Cl)c2)cc1)C(=O)O. The van der Waals surface area contributed by atoms with Gasteiger partial charge in [0.2, 0.25) is 0 Å². The van der Waals surface area contributed by atoms with Crippen LogP contribution >= 0.6 is 23.2 Å². The summed E-state index contributed by atoms with van der Waals surface area (Å²) in [5.41, 5.74) is 2.48.